The fraction of sp³-hybridized carbons (Fsp3) is 0.282. The molecule has 0 amide bonds. The van der Waals surface area contributed by atoms with Crippen molar-refractivity contribution in [1.29, 1.82) is 0 Å². The van der Waals surface area contributed by atoms with Gasteiger partial charge in [0.25, 0.3) is 0 Å². The van der Waals surface area contributed by atoms with Crippen molar-refractivity contribution in [2.45, 2.75) is 46.2 Å². The largest absolute Gasteiger partial charge is 0.493 e. The zero-order valence-electron chi connectivity index (χ0n) is 26.8. The van der Waals surface area contributed by atoms with E-state index in [9.17, 15) is 4.79 Å². The standard InChI is InChI=1S/C39H40N4O3/c1-4-45-39(44)38-32(21-12-25-46-35-22-10-15-28-14-8-9-18-30(28)35)31-19-11-20-33-36-27(2)40-41(3)34(36)26-42(29-16-6-5-7-17-29)23-13-24-43(38)37(31)33/h5-11,14-20,22H,4,12-13,21,23-26H2,1-3H3. The van der Waals surface area contributed by atoms with Gasteiger partial charge in [0.2, 0.25) is 0 Å². The quantitative estimate of drug-likeness (QED) is 0.128. The second-order valence-electron chi connectivity index (χ2n) is 12.0. The van der Waals surface area contributed by atoms with Gasteiger partial charge >= 0.3 is 5.97 Å². The molecule has 234 valence electrons. The van der Waals surface area contributed by atoms with Crippen LogP contribution in [0.4, 0.5) is 5.69 Å². The van der Waals surface area contributed by atoms with E-state index in [1.54, 1.807) is 0 Å². The Morgan fingerprint density at radius 2 is 1.65 bits per heavy atom. The number of aromatic nitrogens is 3. The lowest BCUT2D eigenvalue weighted by Crippen LogP contribution is -2.27. The minimum atomic E-state index is -0.269. The molecule has 7 nitrogen and oxygen atoms in total. The average molecular weight is 613 g/mol. The number of esters is 1. The molecule has 3 heterocycles. The van der Waals surface area contributed by atoms with Crippen molar-refractivity contribution in [3.05, 3.63) is 114 Å². The van der Waals surface area contributed by atoms with Crippen LogP contribution in [-0.2, 0) is 31.3 Å². The molecule has 4 aromatic carbocycles. The molecule has 0 bridgehead atoms. The summed E-state index contributed by atoms with van der Waals surface area (Å²) in [5.41, 5.74) is 8.33. The monoisotopic (exact) mass is 612 g/mol. The minimum absolute atomic E-state index is 0.269. The molecule has 0 spiro atoms. The summed E-state index contributed by atoms with van der Waals surface area (Å²) in [5.74, 6) is 0.615. The number of carbonyl (C=O) groups excluding carboxylic acids is 1. The molecule has 0 saturated carbocycles. The van der Waals surface area contributed by atoms with Crippen LogP contribution in [0.3, 0.4) is 0 Å². The van der Waals surface area contributed by atoms with Crippen LogP contribution >= 0.6 is 0 Å². The normalized spacial score (nSPS) is 13.2. The van der Waals surface area contributed by atoms with Crippen LogP contribution in [0.5, 0.6) is 5.75 Å². The Balaban J connectivity index is 1.30. The van der Waals surface area contributed by atoms with Crippen LogP contribution in [0.2, 0.25) is 0 Å². The maximum atomic E-state index is 13.8. The Bertz CT molecular complexity index is 2020. The molecule has 6 aromatic rings. The molecule has 1 aliphatic rings. The van der Waals surface area contributed by atoms with Gasteiger partial charge in [0, 0.05) is 47.7 Å². The average Bonchev–Trinajstić information content (AvgIpc) is 3.55. The first kappa shape index (κ1) is 29.7. The van der Waals surface area contributed by atoms with E-state index in [-0.39, 0.29) is 5.97 Å². The van der Waals surface area contributed by atoms with E-state index in [2.05, 4.69) is 83.1 Å². The van der Waals surface area contributed by atoms with Crippen molar-refractivity contribution in [2.75, 3.05) is 24.7 Å². The number of hydrogen-bond donors (Lipinski definition) is 0. The maximum Gasteiger partial charge on any atom is 0.355 e. The Morgan fingerprint density at radius 1 is 0.891 bits per heavy atom. The van der Waals surface area contributed by atoms with Crippen LogP contribution in [0.25, 0.3) is 32.8 Å². The maximum absolute atomic E-state index is 13.8. The van der Waals surface area contributed by atoms with Gasteiger partial charge in [-0.3, -0.25) is 4.68 Å². The van der Waals surface area contributed by atoms with E-state index in [0.29, 0.717) is 31.9 Å². The number of fused-ring (bicyclic) bond motifs is 3. The summed E-state index contributed by atoms with van der Waals surface area (Å²) >= 11 is 0. The lowest BCUT2D eigenvalue weighted by atomic mass is 9.97. The van der Waals surface area contributed by atoms with Crippen LogP contribution in [0.15, 0.2) is 91.0 Å². The number of nitrogens with zero attached hydrogens (tertiary/aromatic N) is 4. The van der Waals surface area contributed by atoms with Gasteiger partial charge in [-0.1, -0.05) is 72.8 Å². The third-order valence-corrected chi connectivity index (χ3v) is 9.12. The lowest BCUT2D eigenvalue weighted by Gasteiger charge is -2.27. The summed E-state index contributed by atoms with van der Waals surface area (Å²) in [6.07, 6.45) is 2.33. The summed E-state index contributed by atoms with van der Waals surface area (Å²) in [6.45, 7) is 7.11. The first-order valence-electron chi connectivity index (χ1n) is 16.3. The molecule has 1 aliphatic heterocycles. The molecule has 7 heteroatoms. The lowest BCUT2D eigenvalue weighted by molar-refractivity contribution is 0.0512. The first-order valence-corrected chi connectivity index (χ1v) is 16.3. The summed E-state index contributed by atoms with van der Waals surface area (Å²) in [4.78, 5) is 16.2. The second kappa shape index (κ2) is 12.8. The Labute approximate surface area is 270 Å². The van der Waals surface area contributed by atoms with Crippen molar-refractivity contribution in [1.82, 2.24) is 14.3 Å². The van der Waals surface area contributed by atoms with Gasteiger partial charge in [0.05, 0.1) is 36.7 Å². The van der Waals surface area contributed by atoms with Crippen molar-refractivity contribution in [3.8, 4) is 16.9 Å². The van der Waals surface area contributed by atoms with Gasteiger partial charge in [-0.15, -0.1) is 0 Å². The van der Waals surface area contributed by atoms with Crippen LogP contribution in [0, 0.1) is 6.92 Å². The van der Waals surface area contributed by atoms with Gasteiger partial charge in [-0.05, 0) is 62.3 Å². The van der Waals surface area contributed by atoms with E-state index < -0.39 is 0 Å². The van der Waals surface area contributed by atoms with Crippen LogP contribution in [-0.4, -0.2) is 40.1 Å². The van der Waals surface area contributed by atoms with Gasteiger partial charge in [-0.2, -0.15) is 5.10 Å². The molecule has 0 unspecified atom stereocenters. The Morgan fingerprint density at radius 3 is 2.50 bits per heavy atom. The predicted octanol–water partition coefficient (Wildman–Crippen LogP) is 8.10. The van der Waals surface area contributed by atoms with E-state index >= 15 is 0 Å². The second-order valence-corrected chi connectivity index (χ2v) is 12.0. The molecule has 2 aromatic heterocycles. The summed E-state index contributed by atoms with van der Waals surface area (Å²) in [5, 5.41) is 8.27. The smallest absolute Gasteiger partial charge is 0.355 e. The highest BCUT2D eigenvalue weighted by molar-refractivity contribution is 6.05. The predicted molar refractivity (Wildman–Crippen MR) is 185 cm³/mol. The van der Waals surface area contributed by atoms with Gasteiger partial charge < -0.3 is 18.9 Å². The number of rotatable bonds is 8. The Kier molecular flexibility index (Phi) is 8.22. The van der Waals surface area contributed by atoms with Crippen molar-refractivity contribution >= 4 is 33.3 Å². The molecule has 46 heavy (non-hydrogen) atoms. The molecular weight excluding hydrogens is 572 g/mol. The fourth-order valence-electron chi connectivity index (χ4n) is 7.12. The van der Waals surface area contributed by atoms with Gasteiger partial charge in [-0.25, -0.2) is 4.79 Å². The zero-order chi connectivity index (χ0) is 31.6. The van der Waals surface area contributed by atoms with E-state index in [1.807, 2.05) is 42.9 Å². The molecule has 0 atom stereocenters. The van der Waals surface area contributed by atoms with E-state index in [1.165, 1.54) is 5.69 Å². The number of hydrogen-bond acceptors (Lipinski definition) is 5. The molecule has 0 radical (unpaired) electrons. The zero-order valence-corrected chi connectivity index (χ0v) is 26.8. The van der Waals surface area contributed by atoms with E-state index in [4.69, 9.17) is 14.6 Å². The minimum Gasteiger partial charge on any atom is -0.493 e. The van der Waals surface area contributed by atoms with Crippen molar-refractivity contribution in [2.24, 2.45) is 7.05 Å². The van der Waals surface area contributed by atoms with Crippen molar-refractivity contribution in [3.63, 3.8) is 0 Å². The third-order valence-electron chi connectivity index (χ3n) is 9.12. The molecular formula is C39H40N4O3. The third kappa shape index (κ3) is 5.40. The highest BCUT2D eigenvalue weighted by Crippen LogP contribution is 2.40. The molecule has 7 rings (SSSR count). The number of anilines is 1. The molecule has 0 aliphatic carbocycles. The van der Waals surface area contributed by atoms with Gasteiger partial charge in [0.15, 0.2) is 0 Å². The first-order chi connectivity index (χ1) is 22.5. The van der Waals surface area contributed by atoms with Crippen molar-refractivity contribution < 1.29 is 14.3 Å². The summed E-state index contributed by atoms with van der Waals surface area (Å²) < 4.78 is 16.3. The summed E-state index contributed by atoms with van der Waals surface area (Å²) in [7, 11) is 2.03. The van der Waals surface area contributed by atoms with Crippen LogP contribution in [0.1, 0.15) is 47.2 Å². The number of benzene rings is 4. The van der Waals surface area contributed by atoms with Gasteiger partial charge in [0.1, 0.15) is 11.4 Å². The number of ether oxygens (including phenoxy) is 2. The fourth-order valence-corrected chi connectivity index (χ4v) is 7.12. The number of carbonyl (C=O) groups is 1. The summed E-state index contributed by atoms with van der Waals surface area (Å²) in [6, 6.07) is 31.5. The molecule has 0 saturated heterocycles. The number of para-hydroxylation sites is 2. The Hall–Kier alpha value is -5.04. The number of aryl methyl sites for hydroxylation is 4. The molecule has 0 N–H and O–H groups in total. The van der Waals surface area contributed by atoms with Crippen LogP contribution < -0.4 is 9.64 Å². The SMILES string of the molecule is CCOC(=O)c1c(CCCOc2cccc3ccccc23)c2cccc3c2n1CCCN(c1ccccc1)Cc1c-3c(C)nn1C. The van der Waals surface area contributed by atoms with E-state index in [0.717, 1.165) is 81.4 Å². The topological polar surface area (TPSA) is 61.5 Å². The molecule has 0 fully saturated rings. The highest BCUT2D eigenvalue weighted by atomic mass is 16.5. The highest BCUT2D eigenvalue weighted by Gasteiger charge is 2.29.